The molecule has 1 N–H and O–H groups in total. The van der Waals surface area contributed by atoms with Gasteiger partial charge in [0.05, 0.1) is 6.61 Å². The lowest BCUT2D eigenvalue weighted by atomic mass is 10.0. The first-order valence-corrected chi connectivity index (χ1v) is 3.99. The second-order valence-electron chi connectivity index (χ2n) is 2.86. The molecule has 0 unspecified atom stereocenters. The van der Waals surface area contributed by atoms with Gasteiger partial charge >= 0.3 is 0 Å². The number of carbonyl (C=O) groups excluding carboxylic acids is 1. The Morgan fingerprint density at radius 3 is 2.17 bits per heavy atom. The van der Waals surface area contributed by atoms with Gasteiger partial charge in [-0.25, -0.2) is 0 Å². The van der Waals surface area contributed by atoms with E-state index < -0.39 is 0 Å². The summed E-state index contributed by atoms with van der Waals surface area (Å²) in [7, 11) is 0. The molecule has 12 heavy (non-hydrogen) atoms. The summed E-state index contributed by atoms with van der Waals surface area (Å²) in [6.45, 7) is 7.05. The van der Waals surface area contributed by atoms with Gasteiger partial charge in [0, 0.05) is 0 Å². The van der Waals surface area contributed by atoms with E-state index >= 15 is 0 Å². The molecule has 0 aromatic rings. The molecule has 2 heteroatoms. The van der Waals surface area contributed by atoms with Crippen molar-refractivity contribution < 1.29 is 9.90 Å². The Hall–Kier alpha value is -0.890. The molecule has 0 atom stereocenters. The first-order chi connectivity index (χ1) is 5.54. The fourth-order valence-corrected chi connectivity index (χ4v) is 0.739. The van der Waals surface area contributed by atoms with Crippen molar-refractivity contribution in [3.05, 3.63) is 22.8 Å². The summed E-state index contributed by atoms with van der Waals surface area (Å²) in [5, 5.41) is 8.78. The van der Waals surface area contributed by atoms with Gasteiger partial charge in [0.2, 0.25) is 0 Å². The number of hydrogen-bond acceptors (Lipinski definition) is 2. The topological polar surface area (TPSA) is 37.3 Å². The van der Waals surface area contributed by atoms with Crippen LogP contribution in [0.1, 0.15) is 27.7 Å². The zero-order valence-electron chi connectivity index (χ0n) is 8.14. The molecule has 0 bridgehead atoms. The van der Waals surface area contributed by atoms with E-state index in [-0.39, 0.29) is 12.4 Å². The van der Waals surface area contributed by atoms with Crippen LogP contribution in [0.5, 0.6) is 0 Å². The first kappa shape index (κ1) is 11.1. The highest BCUT2D eigenvalue weighted by atomic mass is 16.3. The number of aliphatic hydroxyl groups is 1. The molecule has 0 spiro atoms. The number of carbonyl (C=O) groups is 1. The lowest BCUT2D eigenvalue weighted by molar-refractivity contribution is -0.112. The van der Waals surface area contributed by atoms with Crippen molar-refractivity contribution in [3.8, 4) is 0 Å². The molecule has 0 aliphatic heterocycles. The van der Waals surface area contributed by atoms with Crippen molar-refractivity contribution in [2.75, 3.05) is 6.61 Å². The maximum Gasteiger partial charge on any atom is 0.184 e. The van der Waals surface area contributed by atoms with E-state index in [9.17, 15) is 4.79 Å². The van der Waals surface area contributed by atoms with Crippen LogP contribution in [0, 0.1) is 0 Å². The summed E-state index contributed by atoms with van der Waals surface area (Å²) in [6.07, 6.45) is 1.77. The van der Waals surface area contributed by atoms with Crippen LogP contribution >= 0.6 is 0 Å². The van der Waals surface area contributed by atoms with E-state index in [1.165, 1.54) is 0 Å². The Kier molecular flexibility index (Phi) is 4.52. The molecule has 0 amide bonds. The Balaban J connectivity index is 4.73. The molecular formula is C10H16O2. The molecule has 0 aromatic heterocycles. The Bertz CT molecular complexity index is 234. The van der Waals surface area contributed by atoms with Crippen LogP contribution in [0.2, 0.25) is 0 Å². The number of allylic oxidation sites excluding steroid dienone is 3. The Labute approximate surface area is 73.6 Å². The molecule has 68 valence electrons. The van der Waals surface area contributed by atoms with E-state index in [1.54, 1.807) is 26.8 Å². The van der Waals surface area contributed by atoms with Crippen LogP contribution in [0.3, 0.4) is 0 Å². The lowest BCUT2D eigenvalue weighted by Gasteiger charge is -2.03. The molecule has 0 aliphatic carbocycles. The molecule has 0 aromatic carbocycles. The fraction of sp³-hybridized carbons (Fsp3) is 0.500. The second kappa shape index (κ2) is 4.88. The molecule has 0 heterocycles. The molecule has 0 saturated carbocycles. The van der Waals surface area contributed by atoms with Gasteiger partial charge in [0.15, 0.2) is 5.78 Å². The third-order valence-electron chi connectivity index (χ3n) is 2.01. The smallest absolute Gasteiger partial charge is 0.184 e. The molecule has 0 saturated heterocycles. The zero-order chi connectivity index (χ0) is 9.72. The maximum atomic E-state index is 11.4. The SMILES string of the molecule is CC=C(C)C(=O)C(C)=C(C)CO. The van der Waals surface area contributed by atoms with Crippen molar-refractivity contribution in [1.29, 1.82) is 0 Å². The molecule has 2 nitrogen and oxygen atoms in total. The van der Waals surface area contributed by atoms with Crippen LogP contribution in [0.4, 0.5) is 0 Å². The quantitative estimate of drug-likeness (QED) is 0.653. The second-order valence-corrected chi connectivity index (χ2v) is 2.86. The summed E-state index contributed by atoms with van der Waals surface area (Å²) in [5.41, 5.74) is 2.11. The zero-order valence-corrected chi connectivity index (χ0v) is 8.14. The van der Waals surface area contributed by atoms with Gasteiger partial charge in [0.25, 0.3) is 0 Å². The number of ketones is 1. The number of rotatable bonds is 3. The highest BCUT2D eigenvalue weighted by Gasteiger charge is 2.08. The van der Waals surface area contributed by atoms with Gasteiger partial charge in [-0.05, 0) is 44.4 Å². The van der Waals surface area contributed by atoms with Gasteiger partial charge < -0.3 is 5.11 Å². The standard InChI is InChI=1S/C10H16O2/c1-5-7(2)10(12)9(4)8(3)6-11/h5,11H,6H2,1-4H3. The summed E-state index contributed by atoms with van der Waals surface area (Å²) < 4.78 is 0. The summed E-state index contributed by atoms with van der Waals surface area (Å²) in [4.78, 5) is 11.4. The first-order valence-electron chi connectivity index (χ1n) is 3.99. The van der Waals surface area contributed by atoms with Crippen LogP contribution in [0.25, 0.3) is 0 Å². The predicted molar refractivity (Wildman–Crippen MR) is 49.9 cm³/mol. The third-order valence-corrected chi connectivity index (χ3v) is 2.01. The van der Waals surface area contributed by atoms with Crippen molar-refractivity contribution in [3.63, 3.8) is 0 Å². The summed E-state index contributed by atoms with van der Waals surface area (Å²) in [5.74, 6) is 0.0176. The van der Waals surface area contributed by atoms with Crippen LogP contribution in [-0.4, -0.2) is 17.5 Å². The summed E-state index contributed by atoms with van der Waals surface area (Å²) >= 11 is 0. The average Bonchev–Trinajstić information content (AvgIpc) is 2.12. The van der Waals surface area contributed by atoms with E-state index in [1.807, 2.05) is 6.92 Å². The lowest BCUT2D eigenvalue weighted by Crippen LogP contribution is -2.04. The van der Waals surface area contributed by atoms with Crippen LogP contribution in [0.15, 0.2) is 22.8 Å². The molecular weight excluding hydrogens is 152 g/mol. The number of hydrogen-bond donors (Lipinski definition) is 1. The molecule has 0 aliphatic rings. The Morgan fingerprint density at radius 1 is 1.33 bits per heavy atom. The van der Waals surface area contributed by atoms with Gasteiger partial charge in [-0.1, -0.05) is 6.08 Å². The molecule has 0 radical (unpaired) electrons. The molecule has 0 fully saturated rings. The monoisotopic (exact) mass is 168 g/mol. The highest BCUT2D eigenvalue weighted by Crippen LogP contribution is 2.09. The minimum atomic E-state index is -0.0471. The minimum absolute atomic E-state index is 0.0176. The van der Waals surface area contributed by atoms with Crippen molar-refractivity contribution in [2.24, 2.45) is 0 Å². The Morgan fingerprint density at radius 2 is 1.83 bits per heavy atom. The largest absolute Gasteiger partial charge is 0.392 e. The fourth-order valence-electron chi connectivity index (χ4n) is 0.739. The molecule has 0 rings (SSSR count). The van der Waals surface area contributed by atoms with E-state index in [2.05, 4.69) is 0 Å². The highest BCUT2D eigenvalue weighted by molar-refractivity contribution is 6.07. The van der Waals surface area contributed by atoms with Gasteiger partial charge in [-0.15, -0.1) is 0 Å². The van der Waals surface area contributed by atoms with Gasteiger partial charge in [0.1, 0.15) is 0 Å². The minimum Gasteiger partial charge on any atom is -0.392 e. The van der Waals surface area contributed by atoms with Crippen molar-refractivity contribution in [1.82, 2.24) is 0 Å². The summed E-state index contributed by atoms with van der Waals surface area (Å²) in [6, 6.07) is 0. The van der Waals surface area contributed by atoms with Crippen LogP contribution in [-0.2, 0) is 4.79 Å². The van der Waals surface area contributed by atoms with Crippen molar-refractivity contribution in [2.45, 2.75) is 27.7 Å². The number of Topliss-reactive ketones (excluding diaryl/α,β-unsaturated/α-hetero) is 1. The van der Waals surface area contributed by atoms with Crippen LogP contribution < -0.4 is 0 Å². The third kappa shape index (κ3) is 2.62. The predicted octanol–water partition coefficient (Wildman–Crippen LogP) is 1.85. The normalized spacial score (nSPS) is 14.2. The number of aliphatic hydroxyl groups excluding tert-OH is 1. The van der Waals surface area contributed by atoms with Gasteiger partial charge in [-0.3, -0.25) is 4.79 Å². The van der Waals surface area contributed by atoms with E-state index in [4.69, 9.17) is 5.11 Å². The maximum absolute atomic E-state index is 11.4. The van der Waals surface area contributed by atoms with Crippen molar-refractivity contribution >= 4 is 5.78 Å². The van der Waals surface area contributed by atoms with E-state index in [0.29, 0.717) is 5.57 Å². The van der Waals surface area contributed by atoms with Gasteiger partial charge in [-0.2, -0.15) is 0 Å². The average molecular weight is 168 g/mol. The van der Waals surface area contributed by atoms with E-state index in [0.717, 1.165) is 11.1 Å².